The van der Waals surface area contributed by atoms with E-state index in [9.17, 15) is 9.59 Å². The number of hydrogen-bond donors (Lipinski definition) is 0. The van der Waals surface area contributed by atoms with E-state index >= 15 is 0 Å². The van der Waals surface area contributed by atoms with Crippen molar-refractivity contribution in [2.24, 2.45) is 0 Å². The minimum Gasteiger partial charge on any atom is -0.497 e. The van der Waals surface area contributed by atoms with Gasteiger partial charge >= 0.3 is 11.9 Å². The number of aromatic nitrogens is 1. The number of ether oxygens (including phenoxy) is 3. The summed E-state index contributed by atoms with van der Waals surface area (Å²) in [6, 6.07) is 7.37. The largest absolute Gasteiger partial charge is 0.497 e. The van der Waals surface area contributed by atoms with Gasteiger partial charge in [0.05, 0.1) is 31.5 Å². The molecule has 0 radical (unpaired) electrons. The number of methoxy groups -OCH3 is 1. The zero-order valence-corrected chi connectivity index (χ0v) is 15.2. The minimum atomic E-state index is -0.529. The molecule has 0 saturated carbocycles. The first-order valence-electron chi connectivity index (χ1n) is 8.16. The molecular formula is C19H23NO5. The maximum Gasteiger partial charge on any atom is 0.340 e. The Kier molecular flexibility index (Phi) is 5.85. The number of carbonyl (C=O) groups is 2. The third kappa shape index (κ3) is 3.52. The van der Waals surface area contributed by atoms with Gasteiger partial charge in [0.2, 0.25) is 0 Å². The predicted octanol–water partition coefficient (Wildman–Crippen LogP) is 3.46. The Morgan fingerprint density at radius 2 is 1.32 bits per heavy atom. The Balaban J connectivity index is 2.66. The van der Waals surface area contributed by atoms with Crippen LogP contribution in [0.25, 0.3) is 5.69 Å². The summed E-state index contributed by atoms with van der Waals surface area (Å²) in [5.41, 5.74) is 2.56. The number of hydrogen-bond acceptors (Lipinski definition) is 5. The molecule has 0 aliphatic rings. The van der Waals surface area contributed by atoms with E-state index in [1.165, 1.54) is 0 Å². The van der Waals surface area contributed by atoms with Gasteiger partial charge in [-0.3, -0.25) is 0 Å². The Labute approximate surface area is 147 Å². The third-order valence-corrected chi connectivity index (χ3v) is 3.93. The summed E-state index contributed by atoms with van der Waals surface area (Å²) >= 11 is 0. The van der Waals surface area contributed by atoms with Crippen molar-refractivity contribution in [1.82, 2.24) is 4.57 Å². The summed E-state index contributed by atoms with van der Waals surface area (Å²) in [6.07, 6.45) is 0. The average molecular weight is 345 g/mol. The van der Waals surface area contributed by atoms with Gasteiger partial charge in [-0.1, -0.05) is 0 Å². The molecule has 1 aromatic carbocycles. The molecule has 0 atom stereocenters. The lowest BCUT2D eigenvalue weighted by Gasteiger charge is -2.10. The van der Waals surface area contributed by atoms with Crippen LogP contribution in [0.2, 0.25) is 0 Å². The Morgan fingerprint density at radius 3 is 1.68 bits per heavy atom. The zero-order valence-electron chi connectivity index (χ0n) is 15.2. The van der Waals surface area contributed by atoms with Gasteiger partial charge in [0.15, 0.2) is 0 Å². The lowest BCUT2D eigenvalue weighted by Crippen LogP contribution is -2.13. The first-order valence-corrected chi connectivity index (χ1v) is 8.16. The normalized spacial score (nSPS) is 10.4. The maximum absolute atomic E-state index is 12.4. The third-order valence-electron chi connectivity index (χ3n) is 3.93. The Hall–Kier alpha value is -2.76. The molecule has 0 bridgehead atoms. The minimum absolute atomic E-state index is 0.229. The fraction of sp³-hybridized carbons (Fsp3) is 0.368. The van der Waals surface area contributed by atoms with Crippen LogP contribution in [0.15, 0.2) is 24.3 Å². The molecule has 6 nitrogen and oxygen atoms in total. The molecule has 1 aromatic heterocycles. The highest BCUT2D eigenvalue weighted by Crippen LogP contribution is 2.28. The van der Waals surface area contributed by atoms with Gasteiger partial charge in [-0.05, 0) is 52.0 Å². The van der Waals surface area contributed by atoms with Crippen molar-refractivity contribution in [1.29, 1.82) is 0 Å². The lowest BCUT2D eigenvalue weighted by molar-refractivity contribution is 0.0479. The highest BCUT2D eigenvalue weighted by Gasteiger charge is 2.29. The van der Waals surface area contributed by atoms with E-state index in [1.54, 1.807) is 34.8 Å². The van der Waals surface area contributed by atoms with E-state index in [2.05, 4.69) is 0 Å². The van der Waals surface area contributed by atoms with E-state index in [1.807, 2.05) is 28.8 Å². The van der Waals surface area contributed by atoms with E-state index in [0.717, 1.165) is 11.4 Å². The fourth-order valence-electron chi connectivity index (χ4n) is 2.86. The smallest absolute Gasteiger partial charge is 0.340 e. The summed E-state index contributed by atoms with van der Waals surface area (Å²) in [5, 5.41) is 0. The number of rotatable bonds is 6. The van der Waals surface area contributed by atoms with E-state index in [-0.39, 0.29) is 24.3 Å². The van der Waals surface area contributed by atoms with Crippen molar-refractivity contribution in [3.05, 3.63) is 46.8 Å². The van der Waals surface area contributed by atoms with Gasteiger partial charge in [-0.15, -0.1) is 0 Å². The predicted molar refractivity (Wildman–Crippen MR) is 93.7 cm³/mol. The monoisotopic (exact) mass is 345 g/mol. The van der Waals surface area contributed by atoms with Gasteiger partial charge in [-0.2, -0.15) is 0 Å². The van der Waals surface area contributed by atoms with Crippen LogP contribution in [0.3, 0.4) is 0 Å². The molecule has 2 rings (SSSR count). The van der Waals surface area contributed by atoms with Crippen LogP contribution in [-0.2, 0) is 9.47 Å². The molecule has 134 valence electrons. The van der Waals surface area contributed by atoms with Crippen molar-refractivity contribution < 1.29 is 23.8 Å². The Bertz CT molecular complexity index is 733. The SMILES string of the molecule is CCOC(=O)c1c(C(=O)OCC)c(C)n(-c2ccc(OC)cc2)c1C. The van der Waals surface area contributed by atoms with E-state index < -0.39 is 11.9 Å². The van der Waals surface area contributed by atoms with Crippen molar-refractivity contribution in [2.45, 2.75) is 27.7 Å². The van der Waals surface area contributed by atoms with Crippen molar-refractivity contribution in [3.63, 3.8) is 0 Å². The van der Waals surface area contributed by atoms with Crippen LogP contribution in [-0.4, -0.2) is 36.8 Å². The van der Waals surface area contributed by atoms with Gasteiger partial charge in [0.1, 0.15) is 5.75 Å². The standard InChI is InChI=1S/C19H23NO5/c1-6-24-18(21)16-12(3)20(13(4)17(16)19(22)25-7-2)14-8-10-15(23-5)11-9-14/h8-11H,6-7H2,1-5H3. The van der Waals surface area contributed by atoms with Crippen LogP contribution in [0.4, 0.5) is 0 Å². The van der Waals surface area contributed by atoms with Crippen LogP contribution in [0.5, 0.6) is 5.75 Å². The fourth-order valence-corrected chi connectivity index (χ4v) is 2.86. The van der Waals surface area contributed by atoms with E-state index in [0.29, 0.717) is 11.4 Å². The molecule has 0 aliphatic heterocycles. The van der Waals surface area contributed by atoms with Crippen LogP contribution < -0.4 is 4.74 Å². The molecule has 0 saturated heterocycles. The van der Waals surface area contributed by atoms with Gasteiger partial charge in [0, 0.05) is 17.1 Å². The summed E-state index contributed by atoms with van der Waals surface area (Å²) in [6.45, 7) is 7.48. The molecule has 6 heteroatoms. The molecule has 0 fully saturated rings. The van der Waals surface area contributed by atoms with Crippen LogP contribution in [0.1, 0.15) is 46.0 Å². The second kappa shape index (κ2) is 7.88. The van der Waals surface area contributed by atoms with Crippen molar-refractivity contribution >= 4 is 11.9 Å². The molecular weight excluding hydrogens is 322 g/mol. The molecule has 0 unspecified atom stereocenters. The Morgan fingerprint density at radius 1 is 0.880 bits per heavy atom. The molecule has 0 N–H and O–H groups in total. The summed E-state index contributed by atoms with van der Waals surface area (Å²) in [5.74, 6) is -0.334. The summed E-state index contributed by atoms with van der Waals surface area (Å²) in [4.78, 5) is 24.9. The summed E-state index contributed by atoms with van der Waals surface area (Å²) < 4.78 is 17.3. The summed E-state index contributed by atoms with van der Waals surface area (Å²) in [7, 11) is 1.60. The molecule has 2 aromatic rings. The van der Waals surface area contributed by atoms with E-state index in [4.69, 9.17) is 14.2 Å². The van der Waals surface area contributed by atoms with Crippen LogP contribution >= 0.6 is 0 Å². The second-order valence-corrected chi connectivity index (χ2v) is 5.40. The highest BCUT2D eigenvalue weighted by molar-refractivity contribution is 6.05. The van der Waals surface area contributed by atoms with Gasteiger partial charge < -0.3 is 18.8 Å². The topological polar surface area (TPSA) is 66.8 Å². The average Bonchev–Trinajstić information content (AvgIpc) is 2.86. The van der Waals surface area contributed by atoms with Crippen molar-refractivity contribution in [2.75, 3.05) is 20.3 Å². The molecule has 0 spiro atoms. The maximum atomic E-state index is 12.4. The van der Waals surface area contributed by atoms with Crippen LogP contribution in [0, 0.1) is 13.8 Å². The van der Waals surface area contributed by atoms with Gasteiger partial charge in [-0.25, -0.2) is 9.59 Å². The first kappa shape index (κ1) is 18.6. The number of benzene rings is 1. The highest BCUT2D eigenvalue weighted by atomic mass is 16.5. The molecule has 1 heterocycles. The van der Waals surface area contributed by atoms with Crippen molar-refractivity contribution in [3.8, 4) is 11.4 Å². The number of nitrogens with zero attached hydrogens (tertiary/aromatic N) is 1. The second-order valence-electron chi connectivity index (χ2n) is 5.40. The molecule has 25 heavy (non-hydrogen) atoms. The quantitative estimate of drug-likeness (QED) is 0.750. The molecule has 0 amide bonds. The number of esters is 2. The first-order chi connectivity index (χ1) is 12.0. The molecule has 0 aliphatic carbocycles. The van der Waals surface area contributed by atoms with Gasteiger partial charge in [0.25, 0.3) is 0 Å². The zero-order chi connectivity index (χ0) is 18.6. The lowest BCUT2D eigenvalue weighted by atomic mass is 10.1. The number of carbonyl (C=O) groups excluding carboxylic acids is 2.